The van der Waals surface area contributed by atoms with Gasteiger partial charge < -0.3 is 14.8 Å². The Morgan fingerprint density at radius 2 is 1.60 bits per heavy atom. The second kappa shape index (κ2) is 12.1. The van der Waals surface area contributed by atoms with Crippen LogP contribution in [0.3, 0.4) is 0 Å². The lowest BCUT2D eigenvalue weighted by molar-refractivity contribution is -0.197. The Bertz CT molecular complexity index is 1080. The highest BCUT2D eigenvalue weighted by atomic mass is 35.7. The second-order valence-corrected chi connectivity index (χ2v) is 16.6. The van der Waals surface area contributed by atoms with Crippen LogP contribution in [-0.4, -0.2) is 50.8 Å². The van der Waals surface area contributed by atoms with Crippen LogP contribution in [0.15, 0.2) is 0 Å². The van der Waals surface area contributed by atoms with E-state index in [2.05, 4.69) is 26.1 Å². The monoisotopic (exact) mass is 601 g/mol. The Hall–Kier alpha value is -1.35. The van der Waals surface area contributed by atoms with Gasteiger partial charge in [-0.2, -0.15) is 0 Å². The van der Waals surface area contributed by atoms with Crippen LogP contribution < -0.4 is 5.32 Å². The number of fused-ring (bicyclic) bond motifs is 5. The first-order chi connectivity index (χ1) is 18.6. The first-order valence-electron chi connectivity index (χ1n) is 15.2. The molecular weight excluding hydrogens is 554 g/mol. The molecule has 1 N–H and O–H groups in total. The molecule has 1 amide bonds. The number of nitrogens with one attached hydrogen (secondary N) is 1. The third-order valence-electron chi connectivity index (χ3n) is 11.5. The second-order valence-electron chi connectivity index (χ2n) is 13.7. The van der Waals surface area contributed by atoms with Gasteiger partial charge in [0.05, 0.1) is 5.75 Å². The van der Waals surface area contributed by atoms with Gasteiger partial charge in [0, 0.05) is 43.4 Å². The molecule has 4 aliphatic rings. The van der Waals surface area contributed by atoms with Gasteiger partial charge in [-0.05, 0) is 98.2 Å². The number of carbonyl (C=O) groups is 3. The number of ether oxygens (including phenoxy) is 2. The fourth-order valence-electron chi connectivity index (χ4n) is 9.77. The zero-order chi connectivity index (χ0) is 29.5. The first-order valence-corrected chi connectivity index (χ1v) is 17.7. The molecule has 0 aromatic rings. The topological polar surface area (TPSA) is 116 Å². The number of amides is 1. The molecule has 0 aliphatic heterocycles. The molecular formula is C30H48ClNO7S. The fraction of sp³-hybridized carbons (Fsp3) is 0.900. The van der Waals surface area contributed by atoms with Crippen molar-refractivity contribution in [1.82, 2.24) is 5.32 Å². The van der Waals surface area contributed by atoms with E-state index >= 15 is 0 Å². The molecule has 0 heterocycles. The van der Waals surface area contributed by atoms with Crippen LogP contribution in [-0.2, 0) is 32.9 Å². The summed E-state index contributed by atoms with van der Waals surface area (Å²) in [6.07, 6.45) is 9.04. The van der Waals surface area contributed by atoms with Crippen molar-refractivity contribution in [3.8, 4) is 0 Å². The van der Waals surface area contributed by atoms with Crippen molar-refractivity contribution in [3.63, 3.8) is 0 Å². The Morgan fingerprint density at radius 1 is 0.950 bits per heavy atom. The molecule has 4 saturated carbocycles. The number of esters is 2. The summed E-state index contributed by atoms with van der Waals surface area (Å²) in [4.78, 5) is 36.3. The molecule has 228 valence electrons. The van der Waals surface area contributed by atoms with Crippen molar-refractivity contribution in [2.24, 2.45) is 46.3 Å². The number of hydrogen-bond acceptors (Lipinski definition) is 7. The number of rotatable bonds is 9. The van der Waals surface area contributed by atoms with E-state index in [9.17, 15) is 22.8 Å². The first kappa shape index (κ1) is 31.6. The van der Waals surface area contributed by atoms with Crippen molar-refractivity contribution < 1.29 is 32.3 Å². The van der Waals surface area contributed by atoms with Gasteiger partial charge in [0.1, 0.15) is 12.2 Å². The average molecular weight is 602 g/mol. The van der Waals surface area contributed by atoms with Crippen molar-refractivity contribution in [2.75, 3.05) is 12.3 Å². The van der Waals surface area contributed by atoms with E-state index in [1.807, 2.05) is 0 Å². The Kier molecular flexibility index (Phi) is 9.55. The maximum Gasteiger partial charge on any atom is 0.302 e. The molecule has 0 bridgehead atoms. The molecule has 0 unspecified atom stereocenters. The number of halogens is 1. The van der Waals surface area contributed by atoms with Crippen molar-refractivity contribution in [1.29, 1.82) is 0 Å². The zero-order valence-electron chi connectivity index (χ0n) is 24.7. The van der Waals surface area contributed by atoms with E-state index in [1.54, 1.807) is 0 Å². The molecule has 0 aromatic heterocycles. The van der Waals surface area contributed by atoms with E-state index in [1.165, 1.54) is 13.8 Å². The number of hydrogen-bond donors (Lipinski definition) is 1. The highest BCUT2D eigenvalue weighted by molar-refractivity contribution is 8.13. The summed E-state index contributed by atoms with van der Waals surface area (Å²) in [6.45, 7) is 10.1. The quantitative estimate of drug-likeness (QED) is 0.284. The predicted molar refractivity (Wildman–Crippen MR) is 153 cm³/mol. The Balaban J connectivity index is 1.46. The van der Waals surface area contributed by atoms with Gasteiger partial charge >= 0.3 is 11.9 Å². The molecule has 40 heavy (non-hydrogen) atoms. The van der Waals surface area contributed by atoms with Gasteiger partial charge in [-0.15, -0.1) is 0 Å². The third kappa shape index (κ3) is 6.66. The highest BCUT2D eigenvalue weighted by Gasteiger charge is 2.64. The lowest BCUT2D eigenvalue weighted by Gasteiger charge is -2.62. The summed E-state index contributed by atoms with van der Waals surface area (Å²) in [5, 5.41) is 2.68. The van der Waals surface area contributed by atoms with E-state index in [0.29, 0.717) is 41.9 Å². The van der Waals surface area contributed by atoms with Crippen LogP contribution in [0, 0.1) is 46.3 Å². The molecule has 4 fully saturated rings. The summed E-state index contributed by atoms with van der Waals surface area (Å²) in [6, 6.07) is 0. The van der Waals surface area contributed by atoms with Crippen LogP contribution in [0.2, 0.25) is 0 Å². The molecule has 4 rings (SSSR count). The standard InChI is InChI=1S/C30H48ClNO7S/c1-18(6-9-27(35)32-14-15-40(31,36)37)23-7-8-24-28-25(11-13-30(23,24)5)29(4)12-10-22(38-19(2)33)16-21(29)17-26(28)39-20(3)34/h18,21-26,28H,6-17H2,1-5H3,(H,32,35)/t18-,21+,22-,23-,24+,25+,26-,28+,29+,30-/m1/s1. The molecule has 0 radical (unpaired) electrons. The van der Waals surface area contributed by atoms with Crippen LogP contribution in [0.4, 0.5) is 0 Å². The van der Waals surface area contributed by atoms with E-state index in [4.69, 9.17) is 20.2 Å². The lowest BCUT2D eigenvalue weighted by atomic mass is 9.43. The third-order valence-corrected chi connectivity index (χ3v) is 12.7. The zero-order valence-corrected chi connectivity index (χ0v) is 26.3. The van der Waals surface area contributed by atoms with E-state index in [0.717, 1.165) is 57.8 Å². The number of carbonyl (C=O) groups excluding carboxylic acids is 3. The largest absolute Gasteiger partial charge is 0.463 e. The van der Waals surface area contributed by atoms with Crippen LogP contribution in [0.5, 0.6) is 0 Å². The minimum Gasteiger partial charge on any atom is -0.463 e. The van der Waals surface area contributed by atoms with Crippen molar-refractivity contribution >= 4 is 37.6 Å². The van der Waals surface area contributed by atoms with E-state index < -0.39 is 9.05 Å². The van der Waals surface area contributed by atoms with Crippen LogP contribution in [0.25, 0.3) is 0 Å². The fourth-order valence-corrected chi connectivity index (χ4v) is 10.3. The minimum atomic E-state index is -3.62. The minimum absolute atomic E-state index is 0.0320. The average Bonchev–Trinajstić information content (AvgIpc) is 3.19. The summed E-state index contributed by atoms with van der Waals surface area (Å²) < 4.78 is 34.0. The summed E-state index contributed by atoms with van der Waals surface area (Å²) in [5.74, 6) is 1.62. The highest BCUT2D eigenvalue weighted by Crippen LogP contribution is 2.68. The maximum absolute atomic E-state index is 12.4. The Morgan fingerprint density at radius 3 is 2.25 bits per heavy atom. The normalized spacial score (nSPS) is 39.7. The molecule has 0 saturated heterocycles. The summed E-state index contributed by atoms with van der Waals surface area (Å²) in [5.41, 5.74) is 0.276. The predicted octanol–water partition coefficient (Wildman–Crippen LogP) is 5.22. The van der Waals surface area contributed by atoms with Gasteiger partial charge in [0.15, 0.2) is 0 Å². The molecule has 8 nitrogen and oxygen atoms in total. The lowest BCUT2D eigenvalue weighted by Crippen LogP contribution is -2.59. The summed E-state index contributed by atoms with van der Waals surface area (Å²) >= 11 is 0. The van der Waals surface area contributed by atoms with Gasteiger partial charge in [0.2, 0.25) is 15.0 Å². The van der Waals surface area contributed by atoms with Gasteiger partial charge in [-0.3, -0.25) is 14.4 Å². The summed E-state index contributed by atoms with van der Waals surface area (Å²) in [7, 11) is 1.62. The molecule has 10 heteroatoms. The van der Waals surface area contributed by atoms with Crippen LogP contribution in [0.1, 0.15) is 98.8 Å². The molecule has 4 aliphatic carbocycles. The van der Waals surface area contributed by atoms with Gasteiger partial charge in [-0.1, -0.05) is 20.8 Å². The SMILES string of the molecule is CC(=O)O[C@@H]1CC[C@@]2(C)[C@@H](C1)C[C@@H](OC(C)=O)[C@@H]1[C@@H]2CC[C@]2(C)[C@@H]([C@H](C)CCC(=O)NCCS(=O)(=O)Cl)CC[C@@H]12. The van der Waals surface area contributed by atoms with E-state index in [-0.39, 0.29) is 53.2 Å². The molecule has 10 atom stereocenters. The van der Waals surface area contributed by atoms with Crippen molar-refractivity contribution in [3.05, 3.63) is 0 Å². The van der Waals surface area contributed by atoms with Gasteiger partial charge in [-0.25, -0.2) is 8.42 Å². The molecule has 0 aromatic carbocycles. The smallest absolute Gasteiger partial charge is 0.302 e. The van der Waals surface area contributed by atoms with Crippen molar-refractivity contribution in [2.45, 2.75) is 111 Å². The van der Waals surface area contributed by atoms with Crippen LogP contribution >= 0.6 is 10.7 Å². The Labute approximate surface area is 244 Å². The molecule has 0 spiro atoms. The maximum atomic E-state index is 12.4. The van der Waals surface area contributed by atoms with Gasteiger partial charge in [0.25, 0.3) is 0 Å².